The molecule has 4 nitrogen and oxygen atoms in total. The maximum atomic E-state index is 12.2. The molecular weight excluding hydrogens is 284 g/mol. The van der Waals surface area contributed by atoms with Crippen LogP contribution in [-0.2, 0) is 10.0 Å². The average molecular weight is 297 g/mol. The summed E-state index contributed by atoms with van der Waals surface area (Å²) in [5, 5.41) is 0.425. The molecule has 0 unspecified atom stereocenters. The van der Waals surface area contributed by atoms with Crippen molar-refractivity contribution in [3.05, 3.63) is 52.8 Å². The number of rotatable bonds is 3. The Morgan fingerprint density at radius 2 is 1.89 bits per heavy atom. The Balaban J connectivity index is 2.35. The van der Waals surface area contributed by atoms with Gasteiger partial charge < -0.3 is 0 Å². The van der Waals surface area contributed by atoms with Crippen molar-refractivity contribution in [1.82, 2.24) is 4.98 Å². The first-order valence-corrected chi connectivity index (χ1v) is 7.46. The normalized spacial score (nSPS) is 11.3. The summed E-state index contributed by atoms with van der Waals surface area (Å²) in [5.74, 6) is 0. The molecule has 0 saturated heterocycles. The standard InChI is InChI=1S/C13H13ClN2O2S/c1-9-3-4-12(8-13(9)14)19(17,18)16-11-5-6-15-10(2)7-11/h3-8H,1-2H3,(H,15,16). The van der Waals surface area contributed by atoms with Crippen molar-refractivity contribution in [2.75, 3.05) is 4.72 Å². The van der Waals surface area contributed by atoms with Gasteiger partial charge >= 0.3 is 0 Å². The van der Waals surface area contributed by atoms with Gasteiger partial charge in [0.1, 0.15) is 0 Å². The number of aryl methyl sites for hydroxylation is 2. The molecule has 100 valence electrons. The number of nitrogens with zero attached hydrogens (tertiary/aromatic N) is 1. The quantitative estimate of drug-likeness (QED) is 0.946. The van der Waals surface area contributed by atoms with Gasteiger partial charge in [0.05, 0.1) is 10.6 Å². The van der Waals surface area contributed by atoms with Gasteiger partial charge in [-0.15, -0.1) is 0 Å². The zero-order valence-electron chi connectivity index (χ0n) is 10.5. The SMILES string of the molecule is Cc1cc(NS(=O)(=O)c2ccc(C)c(Cl)c2)ccn1. The van der Waals surface area contributed by atoms with Gasteiger partial charge in [0.2, 0.25) is 0 Å². The Labute approximate surface area is 117 Å². The number of hydrogen-bond donors (Lipinski definition) is 1. The Kier molecular flexibility index (Phi) is 3.78. The van der Waals surface area contributed by atoms with Crippen LogP contribution in [-0.4, -0.2) is 13.4 Å². The lowest BCUT2D eigenvalue weighted by molar-refractivity contribution is 0.601. The molecule has 6 heteroatoms. The minimum absolute atomic E-state index is 0.137. The molecule has 0 aliphatic carbocycles. The van der Waals surface area contributed by atoms with E-state index in [1.807, 2.05) is 6.92 Å². The van der Waals surface area contributed by atoms with E-state index in [4.69, 9.17) is 11.6 Å². The van der Waals surface area contributed by atoms with Gasteiger partial charge in [-0.05, 0) is 43.7 Å². The lowest BCUT2D eigenvalue weighted by atomic mass is 10.2. The van der Waals surface area contributed by atoms with Crippen LogP contribution in [0.3, 0.4) is 0 Å². The van der Waals surface area contributed by atoms with Crippen molar-refractivity contribution in [2.24, 2.45) is 0 Å². The number of aromatic nitrogens is 1. The van der Waals surface area contributed by atoms with Gasteiger partial charge in [-0.2, -0.15) is 0 Å². The molecule has 0 spiro atoms. The first-order chi connectivity index (χ1) is 8.88. The number of benzene rings is 1. The number of pyridine rings is 1. The van der Waals surface area contributed by atoms with E-state index in [1.165, 1.54) is 12.1 Å². The molecule has 0 bridgehead atoms. The largest absolute Gasteiger partial charge is 0.280 e. The maximum absolute atomic E-state index is 12.2. The van der Waals surface area contributed by atoms with Crippen LogP contribution in [0.2, 0.25) is 5.02 Å². The van der Waals surface area contributed by atoms with Gasteiger partial charge in [-0.1, -0.05) is 17.7 Å². The summed E-state index contributed by atoms with van der Waals surface area (Å²) in [6.45, 7) is 3.61. The highest BCUT2D eigenvalue weighted by atomic mass is 35.5. The summed E-state index contributed by atoms with van der Waals surface area (Å²) < 4.78 is 26.9. The van der Waals surface area contributed by atoms with E-state index in [-0.39, 0.29) is 4.90 Å². The molecule has 2 rings (SSSR count). The highest BCUT2D eigenvalue weighted by Gasteiger charge is 2.15. The van der Waals surface area contributed by atoms with Crippen LogP contribution in [0, 0.1) is 13.8 Å². The summed E-state index contributed by atoms with van der Waals surface area (Å²) in [4.78, 5) is 4.15. The number of nitrogens with one attached hydrogen (secondary N) is 1. The van der Waals surface area contributed by atoms with E-state index in [9.17, 15) is 8.42 Å². The van der Waals surface area contributed by atoms with Crippen molar-refractivity contribution in [2.45, 2.75) is 18.7 Å². The predicted molar refractivity (Wildman–Crippen MR) is 76.0 cm³/mol. The fraction of sp³-hybridized carbons (Fsp3) is 0.154. The van der Waals surface area contributed by atoms with Gasteiger partial charge in [0, 0.05) is 16.9 Å². The Bertz CT molecular complexity index is 714. The van der Waals surface area contributed by atoms with Crippen LogP contribution in [0.25, 0.3) is 0 Å². The fourth-order valence-corrected chi connectivity index (χ4v) is 2.88. The molecule has 1 aromatic heterocycles. The molecular formula is C13H13ClN2O2S. The van der Waals surface area contributed by atoms with Gasteiger partial charge in [0.25, 0.3) is 10.0 Å². The molecule has 19 heavy (non-hydrogen) atoms. The van der Waals surface area contributed by atoms with E-state index in [1.54, 1.807) is 31.3 Å². The summed E-state index contributed by atoms with van der Waals surface area (Å²) in [7, 11) is -3.63. The molecule has 0 atom stereocenters. The van der Waals surface area contributed by atoms with E-state index in [0.29, 0.717) is 10.7 Å². The number of sulfonamides is 1. The molecule has 0 saturated carbocycles. The Hall–Kier alpha value is -1.59. The van der Waals surface area contributed by atoms with E-state index in [2.05, 4.69) is 9.71 Å². The third-order valence-electron chi connectivity index (χ3n) is 2.60. The summed E-state index contributed by atoms with van der Waals surface area (Å²) in [6, 6.07) is 7.90. The second-order valence-corrected chi connectivity index (χ2v) is 6.29. The summed E-state index contributed by atoms with van der Waals surface area (Å²) >= 11 is 5.95. The second-order valence-electron chi connectivity index (χ2n) is 4.20. The van der Waals surface area contributed by atoms with E-state index in [0.717, 1.165) is 11.3 Å². The number of anilines is 1. The lowest BCUT2D eigenvalue weighted by Gasteiger charge is -2.09. The molecule has 0 radical (unpaired) electrons. The number of halogens is 1. The minimum Gasteiger partial charge on any atom is -0.280 e. The van der Waals surface area contributed by atoms with Crippen LogP contribution in [0.5, 0.6) is 0 Å². The first kappa shape index (κ1) is 13.8. The summed E-state index contributed by atoms with van der Waals surface area (Å²) in [6.07, 6.45) is 1.55. The van der Waals surface area contributed by atoms with Crippen LogP contribution < -0.4 is 4.72 Å². The molecule has 0 aliphatic heterocycles. The molecule has 0 fully saturated rings. The van der Waals surface area contributed by atoms with Crippen LogP contribution in [0.4, 0.5) is 5.69 Å². The van der Waals surface area contributed by atoms with Crippen molar-refractivity contribution < 1.29 is 8.42 Å². The minimum atomic E-state index is -3.63. The van der Waals surface area contributed by atoms with Crippen molar-refractivity contribution >= 4 is 27.3 Å². The van der Waals surface area contributed by atoms with E-state index >= 15 is 0 Å². The van der Waals surface area contributed by atoms with Crippen molar-refractivity contribution in [3.63, 3.8) is 0 Å². The second kappa shape index (κ2) is 5.19. The van der Waals surface area contributed by atoms with Crippen molar-refractivity contribution in [1.29, 1.82) is 0 Å². The molecule has 0 amide bonds. The topological polar surface area (TPSA) is 59.1 Å². The van der Waals surface area contributed by atoms with Crippen molar-refractivity contribution in [3.8, 4) is 0 Å². The third-order valence-corrected chi connectivity index (χ3v) is 4.39. The van der Waals surface area contributed by atoms with E-state index < -0.39 is 10.0 Å². The highest BCUT2D eigenvalue weighted by molar-refractivity contribution is 7.92. The molecule has 1 heterocycles. The number of hydrogen-bond acceptors (Lipinski definition) is 3. The monoisotopic (exact) mass is 296 g/mol. The van der Waals surface area contributed by atoms with Gasteiger partial charge in [0.15, 0.2) is 0 Å². The average Bonchev–Trinajstić information content (AvgIpc) is 2.32. The molecule has 1 N–H and O–H groups in total. The molecule has 2 aromatic rings. The predicted octanol–water partition coefficient (Wildman–Crippen LogP) is 3.15. The molecule has 1 aromatic carbocycles. The Morgan fingerprint density at radius 3 is 2.53 bits per heavy atom. The zero-order valence-corrected chi connectivity index (χ0v) is 12.1. The third kappa shape index (κ3) is 3.24. The molecule has 0 aliphatic rings. The summed E-state index contributed by atoms with van der Waals surface area (Å²) in [5.41, 5.74) is 2.05. The zero-order chi connectivity index (χ0) is 14.0. The smallest absolute Gasteiger partial charge is 0.261 e. The fourth-order valence-electron chi connectivity index (χ4n) is 1.56. The van der Waals surface area contributed by atoms with Crippen LogP contribution in [0.15, 0.2) is 41.4 Å². The lowest BCUT2D eigenvalue weighted by Crippen LogP contribution is -2.13. The first-order valence-electron chi connectivity index (χ1n) is 5.60. The van der Waals surface area contributed by atoms with Gasteiger partial charge in [-0.25, -0.2) is 8.42 Å². The highest BCUT2D eigenvalue weighted by Crippen LogP contribution is 2.22. The maximum Gasteiger partial charge on any atom is 0.261 e. The van der Waals surface area contributed by atoms with Gasteiger partial charge in [-0.3, -0.25) is 9.71 Å². The Morgan fingerprint density at radius 1 is 1.16 bits per heavy atom. The van der Waals surface area contributed by atoms with Crippen LogP contribution >= 0.6 is 11.6 Å². The van der Waals surface area contributed by atoms with Crippen LogP contribution in [0.1, 0.15) is 11.3 Å².